The summed E-state index contributed by atoms with van der Waals surface area (Å²) in [6, 6.07) is 10.7. The lowest BCUT2D eigenvalue weighted by Crippen LogP contribution is -2.31. The molecule has 1 aromatic heterocycles. The van der Waals surface area contributed by atoms with Crippen molar-refractivity contribution in [2.24, 2.45) is 0 Å². The lowest BCUT2D eigenvalue weighted by molar-refractivity contribution is 0.297. The van der Waals surface area contributed by atoms with E-state index in [1.165, 1.54) is 30.4 Å². The van der Waals surface area contributed by atoms with Crippen molar-refractivity contribution in [3.05, 3.63) is 69.4 Å². The smallest absolute Gasteiger partial charge is 0.254 e. The molecule has 3 aliphatic rings. The summed E-state index contributed by atoms with van der Waals surface area (Å²) in [4.78, 5) is 23.0. The molecule has 1 N–H and O–H groups in total. The van der Waals surface area contributed by atoms with Gasteiger partial charge in [0.05, 0.1) is 5.69 Å². The van der Waals surface area contributed by atoms with Gasteiger partial charge >= 0.3 is 0 Å². The van der Waals surface area contributed by atoms with Gasteiger partial charge in [0.2, 0.25) is 0 Å². The van der Waals surface area contributed by atoms with Crippen LogP contribution in [0.3, 0.4) is 0 Å². The van der Waals surface area contributed by atoms with Crippen LogP contribution in [0.1, 0.15) is 61.2 Å². The lowest BCUT2D eigenvalue weighted by Gasteiger charge is -2.26. The molecule has 1 aromatic carbocycles. The number of hydrogen-bond donors (Lipinski definition) is 1. The standard InChI is InChI=1S/C24H29N3O/c28-23-20-8-4-12-24(13-14-24)22(20)25-21(26-23)9-5-15-27-16-10-19(11-17-27)18-6-2-1-3-7-18/h1-3,6-7,10H,4-5,8-9,11-17H2,(H,25,26,28). The first-order chi connectivity index (χ1) is 13.7. The van der Waals surface area contributed by atoms with Crippen LogP contribution in [-0.2, 0) is 18.3 Å². The van der Waals surface area contributed by atoms with Gasteiger partial charge in [-0.15, -0.1) is 0 Å². The lowest BCUT2D eigenvalue weighted by atomic mass is 9.84. The monoisotopic (exact) mass is 375 g/mol. The average molecular weight is 376 g/mol. The SMILES string of the molecule is O=c1[nH]c(CCCN2CC=C(c3ccccc3)CC2)nc2c1CCCC21CC1. The van der Waals surface area contributed by atoms with E-state index in [0.717, 1.165) is 68.8 Å². The van der Waals surface area contributed by atoms with Crippen molar-refractivity contribution in [1.82, 2.24) is 14.9 Å². The van der Waals surface area contributed by atoms with E-state index in [-0.39, 0.29) is 11.0 Å². The zero-order valence-electron chi connectivity index (χ0n) is 16.5. The molecule has 0 radical (unpaired) electrons. The summed E-state index contributed by atoms with van der Waals surface area (Å²) in [5.41, 5.74) is 5.33. The highest BCUT2D eigenvalue weighted by Gasteiger charge is 2.48. The molecule has 1 spiro atoms. The number of benzene rings is 1. The highest BCUT2D eigenvalue weighted by Crippen LogP contribution is 2.53. The third kappa shape index (κ3) is 3.46. The summed E-state index contributed by atoms with van der Waals surface area (Å²) in [6.07, 6.45) is 11.1. The van der Waals surface area contributed by atoms with Crippen molar-refractivity contribution in [3.8, 4) is 0 Å². The molecule has 0 atom stereocenters. The van der Waals surface area contributed by atoms with Gasteiger partial charge < -0.3 is 4.98 Å². The second-order valence-corrected chi connectivity index (χ2v) is 8.72. The van der Waals surface area contributed by atoms with Gasteiger partial charge in [-0.25, -0.2) is 4.98 Å². The average Bonchev–Trinajstić information content (AvgIpc) is 3.50. The number of rotatable bonds is 5. The van der Waals surface area contributed by atoms with E-state index in [1.807, 2.05) is 0 Å². The van der Waals surface area contributed by atoms with Gasteiger partial charge in [0, 0.05) is 30.5 Å². The minimum absolute atomic E-state index is 0.124. The molecule has 28 heavy (non-hydrogen) atoms. The molecule has 1 fully saturated rings. The Morgan fingerprint density at radius 2 is 1.96 bits per heavy atom. The van der Waals surface area contributed by atoms with Crippen LogP contribution >= 0.6 is 0 Å². The van der Waals surface area contributed by atoms with Crippen molar-refractivity contribution in [3.63, 3.8) is 0 Å². The number of fused-ring (bicyclic) bond motifs is 2. The maximum absolute atomic E-state index is 12.5. The van der Waals surface area contributed by atoms with Crippen molar-refractivity contribution in [2.75, 3.05) is 19.6 Å². The molecule has 5 rings (SSSR count). The Morgan fingerprint density at radius 1 is 1.11 bits per heavy atom. The van der Waals surface area contributed by atoms with Gasteiger partial charge in [-0.2, -0.15) is 0 Å². The van der Waals surface area contributed by atoms with Crippen LogP contribution < -0.4 is 5.56 Å². The van der Waals surface area contributed by atoms with Gasteiger partial charge in [0.15, 0.2) is 0 Å². The predicted molar refractivity (Wildman–Crippen MR) is 113 cm³/mol. The highest BCUT2D eigenvalue weighted by atomic mass is 16.1. The van der Waals surface area contributed by atoms with E-state index in [0.29, 0.717) is 0 Å². The Morgan fingerprint density at radius 3 is 2.71 bits per heavy atom. The topological polar surface area (TPSA) is 49.0 Å². The fraction of sp³-hybridized carbons (Fsp3) is 0.500. The second-order valence-electron chi connectivity index (χ2n) is 8.72. The molecule has 2 aromatic rings. The molecule has 0 unspecified atom stereocenters. The molecule has 2 aliphatic carbocycles. The molecule has 4 heteroatoms. The molecular formula is C24H29N3O. The van der Waals surface area contributed by atoms with Crippen molar-refractivity contribution >= 4 is 5.57 Å². The van der Waals surface area contributed by atoms with Crippen molar-refractivity contribution in [2.45, 2.75) is 56.8 Å². The highest BCUT2D eigenvalue weighted by molar-refractivity contribution is 5.66. The fourth-order valence-corrected chi connectivity index (χ4v) is 4.99. The Labute approximate surface area is 166 Å². The normalized spacial score (nSPS) is 20.6. The Hall–Kier alpha value is -2.20. The number of aryl methyl sites for hydroxylation is 1. The van der Waals surface area contributed by atoms with Crippen LogP contribution in [0.2, 0.25) is 0 Å². The van der Waals surface area contributed by atoms with Crippen LogP contribution in [0.25, 0.3) is 5.57 Å². The largest absolute Gasteiger partial charge is 0.310 e. The molecule has 0 saturated heterocycles. The molecule has 4 nitrogen and oxygen atoms in total. The molecular weight excluding hydrogens is 346 g/mol. The molecule has 0 amide bonds. The van der Waals surface area contributed by atoms with Crippen molar-refractivity contribution < 1.29 is 0 Å². The minimum atomic E-state index is 0.124. The van der Waals surface area contributed by atoms with Gasteiger partial charge in [-0.3, -0.25) is 9.69 Å². The molecule has 146 valence electrons. The molecule has 1 aliphatic heterocycles. The maximum Gasteiger partial charge on any atom is 0.254 e. The van der Waals surface area contributed by atoms with Crippen LogP contribution in [0.4, 0.5) is 0 Å². The van der Waals surface area contributed by atoms with E-state index < -0.39 is 0 Å². The van der Waals surface area contributed by atoms with Crippen LogP contribution in [0.15, 0.2) is 41.2 Å². The number of hydrogen-bond acceptors (Lipinski definition) is 3. The van der Waals surface area contributed by atoms with E-state index in [9.17, 15) is 4.79 Å². The number of nitrogens with zero attached hydrogens (tertiary/aromatic N) is 2. The summed E-state index contributed by atoms with van der Waals surface area (Å²) in [6.45, 7) is 3.18. The molecule has 1 saturated carbocycles. The summed E-state index contributed by atoms with van der Waals surface area (Å²) < 4.78 is 0. The first-order valence-corrected chi connectivity index (χ1v) is 10.8. The quantitative estimate of drug-likeness (QED) is 0.863. The first-order valence-electron chi connectivity index (χ1n) is 10.8. The number of aromatic amines is 1. The second kappa shape index (κ2) is 7.32. The maximum atomic E-state index is 12.5. The number of nitrogens with one attached hydrogen (secondary N) is 1. The summed E-state index contributed by atoms with van der Waals surface area (Å²) in [5.74, 6) is 0.898. The molecule has 2 heterocycles. The fourth-order valence-electron chi connectivity index (χ4n) is 4.99. The van der Waals surface area contributed by atoms with E-state index in [1.54, 1.807) is 0 Å². The Balaban J connectivity index is 1.19. The van der Waals surface area contributed by atoms with Gasteiger partial charge in [0.1, 0.15) is 5.82 Å². The summed E-state index contributed by atoms with van der Waals surface area (Å²) in [5, 5.41) is 0. The van der Waals surface area contributed by atoms with Gasteiger partial charge in [-0.05, 0) is 62.6 Å². The molecule has 0 bridgehead atoms. The minimum Gasteiger partial charge on any atom is -0.310 e. The van der Waals surface area contributed by atoms with E-state index in [2.05, 4.69) is 46.3 Å². The third-order valence-corrected chi connectivity index (χ3v) is 6.83. The Bertz CT molecular complexity index is 940. The Kier molecular flexibility index (Phi) is 4.67. The van der Waals surface area contributed by atoms with Crippen LogP contribution in [-0.4, -0.2) is 34.5 Å². The summed E-state index contributed by atoms with van der Waals surface area (Å²) >= 11 is 0. The van der Waals surface area contributed by atoms with E-state index in [4.69, 9.17) is 4.98 Å². The van der Waals surface area contributed by atoms with Gasteiger partial charge in [0.25, 0.3) is 5.56 Å². The summed E-state index contributed by atoms with van der Waals surface area (Å²) in [7, 11) is 0. The third-order valence-electron chi connectivity index (χ3n) is 6.83. The van der Waals surface area contributed by atoms with Crippen LogP contribution in [0.5, 0.6) is 0 Å². The zero-order chi connectivity index (χ0) is 19.0. The number of aromatic nitrogens is 2. The first kappa shape index (κ1) is 17.9. The van der Waals surface area contributed by atoms with Gasteiger partial charge in [-0.1, -0.05) is 36.4 Å². The van der Waals surface area contributed by atoms with Crippen LogP contribution in [0, 0.1) is 0 Å². The van der Waals surface area contributed by atoms with E-state index >= 15 is 0 Å². The zero-order valence-corrected chi connectivity index (χ0v) is 16.5. The predicted octanol–water partition coefficient (Wildman–Crippen LogP) is 3.86. The number of H-pyrrole nitrogens is 1. The van der Waals surface area contributed by atoms with Crippen molar-refractivity contribution in [1.29, 1.82) is 0 Å².